The molecule has 116 valence electrons. The van der Waals surface area contributed by atoms with Crippen molar-refractivity contribution in [2.45, 2.75) is 5.92 Å². The number of nitrogens with zero attached hydrogens (tertiary/aromatic N) is 1. The third-order valence-corrected chi connectivity index (χ3v) is 3.39. The van der Waals surface area contributed by atoms with E-state index in [1.165, 1.54) is 0 Å². The van der Waals surface area contributed by atoms with Gasteiger partial charge in [0.05, 0.1) is 11.6 Å². The number of benzene rings is 1. The van der Waals surface area contributed by atoms with Gasteiger partial charge in [-0.2, -0.15) is 0 Å². The molecular weight excluding hydrogens is 286 g/mol. The highest BCUT2D eigenvalue weighted by molar-refractivity contribution is 7.80. The molecule has 5 nitrogen and oxygen atoms in total. The van der Waals surface area contributed by atoms with Gasteiger partial charge in [-0.3, -0.25) is 4.79 Å². The molecule has 1 aromatic rings. The Balaban J connectivity index is 2.50. The number of nitrogens with one attached hydrogen (secondary N) is 1. The molecule has 0 radical (unpaired) electrons. The van der Waals surface area contributed by atoms with Crippen LogP contribution in [0.1, 0.15) is 11.5 Å². The largest absolute Gasteiger partial charge is 0.392 e. The van der Waals surface area contributed by atoms with Crippen LogP contribution in [0.15, 0.2) is 30.3 Å². The maximum absolute atomic E-state index is 12.3. The second-order valence-corrected chi connectivity index (χ2v) is 5.30. The van der Waals surface area contributed by atoms with E-state index in [0.29, 0.717) is 13.2 Å². The SMILES string of the molecule is COCCN(C)CCNC(=O)C(C(N)=S)c1ccccc1. The molecular formula is C15H23N3O2S. The third kappa shape index (κ3) is 6.20. The molecule has 0 spiro atoms. The van der Waals surface area contributed by atoms with Gasteiger partial charge in [-0.25, -0.2) is 0 Å². The molecule has 3 N–H and O–H groups in total. The van der Waals surface area contributed by atoms with Crippen molar-refractivity contribution in [3.8, 4) is 0 Å². The summed E-state index contributed by atoms with van der Waals surface area (Å²) in [5, 5.41) is 2.88. The maximum atomic E-state index is 12.3. The Morgan fingerprint density at radius 1 is 1.38 bits per heavy atom. The van der Waals surface area contributed by atoms with E-state index >= 15 is 0 Å². The molecule has 0 saturated carbocycles. The lowest BCUT2D eigenvalue weighted by molar-refractivity contribution is -0.121. The van der Waals surface area contributed by atoms with Crippen LogP contribution in [-0.2, 0) is 9.53 Å². The summed E-state index contributed by atoms with van der Waals surface area (Å²) in [6, 6.07) is 9.34. The molecule has 1 unspecified atom stereocenters. The van der Waals surface area contributed by atoms with E-state index < -0.39 is 5.92 Å². The van der Waals surface area contributed by atoms with E-state index in [-0.39, 0.29) is 10.9 Å². The van der Waals surface area contributed by atoms with Crippen LogP contribution < -0.4 is 11.1 Å². The zero-order valence-corrected chi connectivity index (χ0v) is 13.4. The van der Waals surface area contributed by atoms with Crippen LogP contribution in [0.25, 0.3) is 0 Å². The lowest BCUT2D eigenvalue weighted by atomic mass is 9.98. The van der Waals surface area contributed by atoms with Gasteiger partial charge in [-0.1, -0.05) is 42.5 Å². The number of methoxy groups -OCH3 is 1. The molecule has 0 aliphatic heterocycles. The van der Waals surface area contributed by atoms with Gasteiger partial charge in [0.2, 0.25) is 5.91 Å². The van der Waals surface area contributed by atoms with Gasteiger partial charge in [0.1, 0.15) is 5.92 Å². The summed E-state index contributed by atoms with van der Waals surface area (Å²) in [6.45, 7) is 2.78. The number of carbonyl (C=O) groups is 1. The Morgan fingerprint density at radius 3 is 2.62 bits per heavy atom. The molecule has 0 saturated heterocycles. The van der Waals surface area contributed by atoms with Crippen molar-refractivity contribution < 1.29 is 9.53 Å². The van der Waals surface area contributed by atoms with Gasteiger partial charge in [0.15, 0.2) is 0 Å². The highest BCUT2D eigenvalue weighted by atomic mass is 32.1. The minimum absolute atomic E-state index is 0.158. The van der Waals surface area contributed by atoms with Crippen LogP contribution in [0.5, 0.6) is 0 Å². The van der Waals surface area contributed by atoms with Gasteiger partial charge in [-0.05, 0) is 12.6 Å². The summed E-state index contributed by atoms with van der Waals surface area (Å²) >= 11 is 5.02. The third-order valence-electron chi connectivity index (χ3n) is 3.15. The molecule has 21 heavy (non-hydrogen) atoms. The minimum atomic E-state index is -0.578. The van der Waals surface area contributed by atoms with Gasteiger partial charge >= 0.3 is 0 Å². The van der Waals surface area contributed by atoms with E-state index in [1.807, 2.05) is 37.4 Å². The van der Waals surface area contributed by atoms with Crippen molar-refractivity contribution in [2.24, 2.45) is 5.73 Å². The number of nitrogens with two attached hydrogens (primary N) is 1. The van der Waals surface area contributed by atoms with Gasteiger partial charge in [-0.15, -0.1) is 0 Å². The number of carbonyl (C=O) groups excluding carboxylic acids is 1. The smallest absolute Gasteiger partial charge is 0.234 e. The molecule has 1 rings (SSSR count). The van der Waals surface area contributed by atoms with E-state index in [2.05, 4.69) is 10.2 Å². The van der Waals surface area contributed by atoms with E-state index in [0.717, 1.165) is 18.7 Å². The van der Waals surface area contributed by atoms with Crippen molar-refractivity contribution in [2.75, 3.05) is 40.4 Å². The quantitative estimate of drug-likeness (QED) is 0.659. The van der Waals surface area contributed by atoms with E-state index in [4.69, 9.17) is 22.7 Å². The molecule has 1 aromatic carbocycles. The molecule has 1 amide bonds. The lowest BCUT2D eigenvalue weighted by Gasteiger charge is -2.19. The zero-order chi connectivity index (χ0) is 15.7. The molecule has 0 bridgehead atoms. The summed E-state index contributed by atoms with van der Waals surface area (Å²) in [4.78, 5) is 14.5. The molecule has 0 aromatic heterocycles. The summed E-state index contributed by atoms with van der Waals surface area (Å²) in [7, 11) is 3.65. The molecule has 0 heterocycles. The van der Waals surface area contributed by atoms with Crippen molar-refractivity contribution in [3.63, 3.8) is 0 Å². The number of rotatable bonds is 9. The van der Waals surface area contributed by atoms with Crippen LogP contribution in [0.2, 0.25) is 0 Å². The van der Waals surface area contributed by atoms with Crippen molar-refractivity contribution in [1.82, 2.24) is 10.2 Å². The second kappa shape index (κ2) is 9.44. The minimum Gasteiger partial charge on any atom is -0.392 e. The topological polar surface area (TPSA) is 67.6 Å². The predicted molar refractivity (Wildman–Crippen MR) is 88.4 cm³/mol. The summed E-state index contributed by atoms with van der Waals surface area (Å²) in [6.07, 6.45) is 0. The average Bonchev–Trinajstić information content (AvgIpc) is 2.46. The zero-order valence-electron chi connectivity index (χ0n) is 12.5. The van der Waals surface area contributed by atoms with Crippen LogP contribution in [-0.4, -0.2) is 56.2 Å². The molecule has 0 aliphatic rings. The predicted octanol–water partition coefficient (Wildman–Crippen LogP) is 0.751. The van der Waals surface area contributed by atoms with Gasteiger partial charge < -0.3 is 20.7 Å². The lowest BCUT2D eigenvalue weighted by Crippen LogP contribution is -2.40. The number of ether oxygens (including phenoxy) is 1. The monoisotopic (exact) mass is 309 g/mol. The van der Waals surface area contributed by atoms with Crippen LogP contribution in [0, 0.1) is 0 Å². The van der Waals surface area contributed by atoms with Crippen LogP contribution >= 0.6 is 12.2 Å². The second-order valence-electron chi connectivity index (χ2n) is 4.83. The fraction of sp³-hybridized carbons (Fsp3) is 0.467. The summed E-state index contributed by atoms with van der Waals surface area (Å²) in [5.74, 6) is -0.737. The standard InChI is InChI=1S/C15H23N3O2S/c1-18(10-11-20-2)9-8-17-15(19)13(14(16)21)12-6-4-3-5-7-12/h3-7,13H,8-11H2,1-2H3,(H2,16,21)(H,17,19). The first-order valence-corrected chi connectivity index (χ1v) is 7.26. The van der Waals surface area contributed by atoms with E-state index in [9.17, 15) is 4.79 Å². The molecule has 0 fully saturated rings. The number of hydrogen-bond acceptors (Lipinski definition) is 4. The molecule has 6 heteroatoms. The highest BCUT2D eigenvalue weighted by Gasteiger charge is 2.22. The maximum Gasteiger partial charge on any atom is 0.234 e. The Labute approximate surface area is 131 Å². The molecule has 0 aliphatic carbocycles. The Hall–Kier alpha value is -1.50. The van der Waals surface area contributed by atoms with Crippen molar-refractivity contribution in [3.05, 3.63) is 35.9 Å². The van der Waals surface area contributed by atoms with Gasteiger partial charge in [0.25, 0.3) is 0 Å². The number of hydrogen-bond donors (Lipinski definition) is 2. The Morgan fingerprint density at radius 2 is 2.05 bits per heavy atom. The first-order chi connectivity index (χ1) is 10.1. The number of amides is 1. The fourth-order valence-electron chi connectivity index (χ4n) is 1.92. The van der Waals surface area contributed by atoms with E-state index in [1.54, 1.807) is 7.11 Å². The first kappa shape index (κ1) is 17.6. The number of likely N-dealkylation sites (N-methyl/N-ethyl adjacent to an activating group) is 1. The van der Waals surface area contributed by atoms with Crippen LogP contribution in [0.3, 0.4) is 0 Å². The Bertz CT molecular complexity index is 453. The van der Waals surface area contributed by atoms with Gasteiger partial charge in [0, 0.05) is 26.7 Å². The fourth-order valence-corrected chi connectivity index (χ4v) is 2.16. The summed E-state index contributed by atoms with van der Waals surface area (Å²) in [5.41, 5.74) is 6.53. The highest BCUT2D eigenvalue weighted by Crippen LogP contribution is 2.15. The molecule has 1 atom stereocenters. The number of thiocarbonyl (C=S) groups is 1. The van der Waals surface area contributed by atoms with Crippen molar-refractivity contribution in [1.29, 1.82) is 0 Å². The summed E-state index contributed by atoms with van der Waals surface area (Å²) < 4.78 is 5.00. The van der Waals surface area contributed by atoms with Crippen molar-refractivity contribution >= 4 is 23.1 Å². The normalized spacial score (nSPS) is 12.1. The Kier molecular flexibility index (Phi) is 7.89. The first-order valence-electron chi connectivity index (χ1n) is 6.85. The average molecular weight is 309 g/mol. The van der Waals surface area contributed by atoms with Crippen LogP contribution in [0.4, 0.5) is 0 Å².